The van der Waals surface area contributed by atoms with Gasteiger partial charge in [-0.3, -0.25) is 9.79 Å². The Labute approximate surface area is 230 Å². The van der Waals surface area contributed by atoms with Crippen LogP contribution in [0.5, 0.6) is 0 Å². The van der Waals surface area contributed by atoms with E-state index in [-0.39, 0.29) is 22.5 Å². The molecule has 2 atom stereocenters. The van der Waals surface area contributed by atoms with Crippen LogP contribution in [-0.2, 0) is 10.0 Å². The molecule has 202 valence electrons. The van der Waals surface area contributed by atoms with Gasteiger partial charge in [0.05, 0.1) is 22.5 Å². The lowest BCUT2D eigenvalue weighted by Crippen LogP contribution is -2.44. The third kappa shape index (κ3) is 4.14. The SMILES string of the molecule is O=c1[nH]cc(-c2ccnc3c2ccn3S(=O)(=O)c2ccccc2)cc1C1=NC2C=C(N3CCNCC3)C=CC2N1. The maximum Gasteiger partial charge on any atom is 0.269 e. The lowest BCUT2D eigenvalue weighted by molar-refractivity contribution is 0.304. The minimum Gasteiger partial charge on any atom is -0.369 e. The lowest BCUT2D eigenvalue weighted by atomic mass is 10.0. The summed E-state index contributed by atoms with van der Waals surface area (Å²) in [7, 11) is -3.83. The van der Waals surface area contributed by atoms with E-state index < -0.39 is 10.0 Å². The number of aromatic amines is 1. The van der Waals surface area contributed by atoms with Gasteiger partial charge in [-0.2, -0.15) is 0 Å². The molecule has 3 N–H and O–H groups in total. The van der Waals surface area contributed by atoms with Gasteiger partial charge in [0.2, 0.25) is 0 Å². The second kappa shape index (κ2) is 9.61. The first kappa shape index (κ1) is 24.6. The van der Waals surface area contributed by atoms with E-state index in [9.17, 15) is 13.2 Å². The van der Waals surface area contributed by atoms with Crippen LogP contribution in [0.15, 0.2) is 106 Å². The van der Waals surface area contributed by atoms with E-state index in [1.54, 1.807) is 54.9 Å². The number of pyridine rings is 2. The van der Waals surface area contributed by atoms with Gasteiger partial charge in [0.25, 0.3) is 15.6 Å². The Bertz CT molecular complexity index is 1870. The van der Waals surface area contributed by atoms with Crippen molar-refractivity contribution in [2.75, 3.05) is 26.2 Å². The average Bonchev–Trinajstić information content (AvgIpc) is 3.63. The normalized spacial score (nSPS) is 20.6. The molecule has 7 rings (SSSR count). The number of H-pyrrole nitrogens is 1. The van der Waals surface area contributed by atoms with Crippen LogP contribution in [0.4, 0.5) is 0 Å². The van der Waals surface area contributed by atoms with Gasteiger partial charge in [0, 0.05) is 55.9 Å². The molecular formula is C29H27N7O3S. The zero-order valence-corrected chi connectivity index (χ0v) is 22.3. The van der Waals surface area contributed by atoms with Crippen LogP contribution in [0.1, 0.15) is 5.56 Å². The summed E-state index contributed by atoms with van der Waals surface area (Å²) in [5.41, 5.74) is 3.13. The van der Waals surface area contributed by atoms with Gasteiger partial charge in [0.15, 0.2) is 5.65 Å². The van der Waals surface area contributed by atoms with E-state index in [1.807, 2.05) is 6.07 Å². The summed E-state index contributed by atoms with van der Waals surface area (Å²) >= 11 is 0. The smallest absolute Gasteiger partial charge is 0.269 e. The molecule has 10 nitrogen and oxygen atoms in total. The highest BCUT2D eigenvalue weighted by Gasteiger charge is 2.31. The summed E-state index contributed by atoms with van der Waals surface area (Å²) in [6.07, 6.45) is 11.1. The van der Waals surface area contributed by atoms with Gasteiger partial charge in [-0.1, -0.05) is 24.3 Å². The van der Waals surface area contributed by atoms with Gasteiger partial charge in [-0.25, -0.2) is 17.4 Å². The zero-order chi connectivity index (χ0) is 27.3. The second-order valence-electron chi connectivity index (χ2n) is 9.98. The Balaban J connectivity index is 1.24. The molecule has 1 aliphatic carbocycles. The Morgan fingerprint density at radius 2 is 1.82 bits per heavy atom. The molecule has 11 heteroatoms. The number of aromatic nitrogens is 3. The molecule has 1 fully saturated rings. The molecule has 0 amide bonds. The number of fused-ring (bicyclic) bond motifs is 2. The van der Waals surface area contributed by atoms with Crippen molar-refractivity contribution in [1.82, 2.24) is 29.5 Å². The Kier molecular flexibility index (Phi) is 5.90. The van der Waals surface area contributed by atoms with E-state index >= 15 is 0 Å². The van der Waals surface area contributed by atoms with Gasteiger partial charge >= 0.3 is 0 Å². The number of piperazine rings is 1. The standard InChI is InChI=1S/C29H27N7O3S/c37-29-24(27-33-25-7-6-20(17-26(25)34-27)35-14-11-30-12-15-35)16-19(18-32-29)22-8-10-31-28-23(22)9-13-36(28)40(38,39)21-4-2-1-3-5-21/h1-10,13,16-18,25-26,30H,11-12,14-15H2,(H,32,37)(H,33,34). The van der Waals surface area contributed by atoms with Crippen LogP contribution in [0.25, 0.3) is 22.2 Å². The third-order valence-corrected chi connectivity index (χ3v) is 9.25. The number of nitrogens with one attached hydrogen (secondary N) is 3. The summed E-state index contributed by atoms with van der Waals surface area (Å²) in [5.74, 6) is 0.537. The van der Waals surface area contributed by atoms with Crippen molar-refractivity contribution in [2.24, 2.45) is 4.99 Å². The van der Waals surface area contributed by atoms with Gasteiger partial charge in [-0.05, 0) is 53.6 Å². The monoisotopic (exact) mass is 553 g/mol. The molecule has 2 aliphatic heterocycles. The quantitative estimate of drug-likeness (QED) is 0.346. The van der Waals surface area contributed by atoms with E-state index in [2.05, 4.69) is 43.7 Å². The molecule has 3 aromatic heterocycles. The highest BCUT2D eigenvalue weighted by molar-refractivity contribution is 7.90. The Hall–Kier alpha value is -4.48. The molecule has 40 heavy (non-hydrogen) atoms. The average molecular weight is 554 g/mol. The van der Waals surface area contributed by atoms with Gasteiger partial charge in [-0.15, -0.1) is 0 Å². The van der Waals surface area contributed by atoms with Gasteiger partial charge in [0.1, 0.15) is 5.84 Å². The molecule has 0 spiro atoms. The summed E-state index contributed by atoms with van der Waals surface area (Å²) in [6.45, 7) is 3.82. The van der Waals surface area contributed by atoms with Crippen LogP contribution in [-0.4, -0.2) is 71.4 Å². The van der Waals surface area contributed by atoms with Crippen molar-refractivity contribution in [3.63, 3.8) is 0 Å². The predicted molar refractivity (Wildman–Crippen MR) is 154 cm³/mol. The summed E-state index contributed by atoms with van der Waals surface area (Å²) in [6, 6.07) is 13.5. The lowest BCUT2D eigenvalue weighted by Gasteiger charge is -2.32. The molecule has 0 saturated carbocycles. The highest BCUT2D eigenvalue weighted by atomic mass is 32.2. The number of rotatable bonds is 5. The minimum atomic E-state index is -3.83. The molecule has 5 heterocycles. The number of amidine groups is 1. The van der Waals surface area contributed by atoms with Crippen molar-refractivity contribution >= 4 is 26.9 Å². The summed E-state index contributed by atoms with van der Waals surface area (Å²) < 4.78 is 27.8. The van der Waals surface area contributed by atoms with Crippen LogP contribution < -0.4 is 16.2 Å². The van der Waals surface area contributed by atoms with Crippen LogP contribution in [0.3, 0.4) is 0 Å². The third-order valence-electron chi connectivity index (χ3n) is 7.57. The van der Waals surface area contributed by atoms with Crippen molar-refractivity contribution in [3.05, 3.63) is 107 Å². The van der Waals surface area contributed by atoms with Crippen LogP contribution >= 0.6 is 0 Å². The van der Waals surface area contributed by atoms with E-state index in [1.165, 1.54) is 10.2 Å². The Morgan fingerprint density at radius 1 is 1.00 bits per heavy atom. The number of aliphatic imine (C=N–C) groups is 1. The molecule has 0 bridgehead atoms. The van der Waals surface area contributed by atoms with Crippen LogP contribution in [0, 0.1) is 0 Å². The summed E-state index contributed by atoms with van der Waals surface area (Å²) in [5, 5.41) is 7.43. The molecule has 1 aromatic carbocycles. The predicted octanol–water partition coefficient (Wildman–Crippen LogP) is 2.07. The Morgan fingerprint density at radius 3 is 2.65 bits per heavy atom. The number of nitrogens with zero attached hydrogens (tertiary/aromatic N) is 4. The second-order valence-corrected chi connectivity index (χ2v) is 11.8. The number of hydrogen-bond acceptors (Lipinski definition) is 8. The topological polar surface area (TPSA) is 124 Å². The maximum atomic E-state index is 13.3. The largest absolute Gasteiger partial charge is 0.369 e. The summed E-state index contributed by atoms with van der Waals surface area (Å²) in [4.78, 5) is 27.6. The van der Waals surface area contributed by atoms with E-state index in [0.29, 0.717) is 22.4 Å². The molecule has 2 unspecified atom stereocenters. The molecule has 0 radical (unpaired) electrons. The minimum absolute atomic E-state index is 0.0189. The fourth-order valence-electron chi connectivity index (χ4n) is 5.51. The first-order valence-corrected chi connectivity index (χ1v) is 14.6. The molecule has 4 aromatic rings. The number of allylic oxidation sites excluding steroid dienone is 1. The first-order valence-electron chi connectivity index (χ1n) is 13.2. The van der Waals surface area contributed by atoms with Crippen molar-refractivity contribution < 1.29 is 8.42 Å². The fraction of sp³-hybridized carbons (Fsp3) is 0.207. The van der Waals surface area contributed by atoms with Crippen molar-refractivity contribution in [3.8, 4) is 11.1 Å². The zero-order valence-electron chi connectivity index (χ0n) is 21.5. The first-order chi connectivity index (χ1) is 19.5. The van der Waals surface area contributed by atoms with Gasteiger partial charge < -0.3 is 20.5 Å². The molecular weight excluding hydrogens is 526 g/mol. The number of benzene rings is 1. The van der Waals surface area contributed by atoms with Crippen molar-refractivity contribution in [1.29, 1.82) is 0 Å². The molecule has 1 saturated heterocycles. The highest BCUT2D eigenvalue weighted by Crippen LogP contribution is 2.30. The fourth-order valence-corrected chi connectivity index (χ4v) is 6.83. The number of hydrogen-bond donors (Lipinski definition) is 3. The van der Waals surface area contributed by atoms with E-state index in [4.69, 9.17) is 4.99 Å². The van der Waals surface area contributed by atoms with Crippen molar-refractivity contribution in [2.45, 2.75) is 17.0 Å². The maximum absolute atomic E-state index is 13.3. The van der Waals surface area contributed by atoms with Crippen LogP contribution in [0.2, 0.25) is 0 Å². The van der Waals surface area contributed by atoms with E-state index in [0.717, 1.165) is 43.0 Å². The molecule has 3 aliphatic rings.